The van der Waals surface area contributed by atoms with E-state index in [0.717, 1.165) is 0 Å². The quantitative estimate of drug-likeness (QED) is 0.713. The summed E-state index contributed by atoms with van der Waals surface area (Å²) in [6, 6.07) is -0.0245. The molecule has 116 valence electrons. The molecule has 0 saturated carbocycles. The molecule has 7 nitrogen and oxygen atoms in total. The summed E-state index contributed by atoms with van der Waals surface area (Å²) in [5.41, 5.74) is 0. The summed E-state index contributed by atoms with van der Waals surface area (Å²) in [6.45, 7) is 5.45. The van der Waals surface area contributed by atoms with Crippen molar-refractivity contribution in [2.45, 2.75) is 25.9 Å². The normalized spacial score (nSPS) is 17.9. The van der Waals surface area contributed by atoms with Crippen molar-refractivity contribution in [2.24, 2.45) is 0 Å². The Morgan fingerprint density at radius 3 is 2.35 bits per heavy atom. The van der Waals surface area contributed by atoms with E-state index >= 15 is 0 Å². The van der Waals surface area contributed by atoms with Gasteiger partial charge in [0.2, 0.25) is 0 Å². The van der Waals surface area contributed by atoms with Crippen LogP contribution in [0.5, 0.6) is 0 Å². The van der Waals surface area contributed by atoms with Gasteiger partial charge in [-0.15, -0.1) is 0 Å². The highest BCUT2D eigenvalue weighted by Gasteiger charge is 2.23. The first-order valence-corrected chi connectivity index (χ1v) is 7.02. The number of aliphatic hydroxyl groups is 1. The van der Waals surface area contributed by atoms with Gasteiger partial charge in [0.05, 0.1) is 12.5 Å². The second-order valence-electron chi connectivity index (χ2n) is 5.31. The van der Waals surface area contributed by atoms with Crippen molar-refractivity contribution in [1.82, 2.24) is 14.7 Å². The molecule has 20 heavy (non-hydrogen) atoms. The second-order valence-corrected chi connectivity index (χ2v) is 5.31. The van der Waals surface area contributed by atoms with Crippen LogP contribution in [0.15, 0.2) is 0 Å². The van der Waals surface area contributed by atoms with Crippen molar-refractivity contribution in [3.05, 3.63) is 0 Å². The van der Waals surface area contributed by atoms with E-state index in [9.17, 15) is 14.7 Å². The molecule has 0 aliphatic carbocycles. The summed E-state index contributed by atoms with van der Waals surface area (Å²) in [4.78, 5) is 28.1. The number of hydrogen-bond acceptors (Lipinski definition) is 4. The van der Waals surface area contributed by atoms with E-state index in [0.29, 0.717) is 45.7 Å². The lowest BCUT2D eigenvalue weighted by Crippen LogP contribution is -2.52. The number of hydrogen-bond donors (Lipinski definition) is 2. The van der Waals surface area contributed by atoms with Crippen LogP contribution in [0.4, 0.5) is 4.79 Å². The largest absolute Gasteiger partial charge is 0.481 e. The van der Waals surface area contributed by atoms with E-state index in [-0.39, 0.29) is 12.5 Å². The fourth-order valence-corrected chi connectivity index (χ4v) is 2.13. The Hall–Kier alpha value is -1.34. The number of carbonyl (C=O) groups is 2. The topological polar surface area (TPSA) is 84.3 Å². The standard InChI is InChI=1S/C13H25N3O4/c1-11(17)3-5-14(2)13(20)16-9-7-15(8-10-16)6-4-12(18)19/h11,17H,3-10H2,1-2H3,(H,18,19). The number of amides is 2. The predicted molar refractivity (Wildman–Crippen MR) is 74.6 cm³/mol. The molecule has 1 rings (SSSR count). The van der Waals surface area contributed by atoms with Gasteiger partial charge in [0.15, 0.2) is 0 Å². The number of carbonyl (C=O) groups excluding carboxylic acids is 1. The first kappa shape index (κ1) is 16.7. The van der Waals surface area contributed by atoms with E-state index < -0.39 is 12.1 Å². The molecule has 0 aromatic carbocycles. The number of rotatable bonds is 6. The van der Waals surface area contributed by atoms with Gasteiger partial charge in [-0.2, -0.15) is 0 Å². The molecule has 0 radical (unpaired) electrons. The molecule has 7 heteroatoms. The van der Waals surface area contributed by atoms with E-state index in [2.05, 4.69) is 4.90 Å². The van der Waals surface area contributed by atoms with Crippen LogP contribution in [0, 0.1) is 0 Å². The molecule has 0 aromatic heterocycles. The number of carboxylic acids is 1. The molecule has 0 bridgehead atoms. The first-order chi connectivity index (χ1) is 9.40. The molecule has 0 aromatic rings. The molecule has 1 heterocycles. The zero-order chi connectivity index (χ0) is 15.1. The first-order valence-electron chi connectivity index (χ1n) is 7.02. The summed E-state index contributed by atoms with van der Waals surface area (Å²) in [5.74, 6) is -0.790. The second kappa shape index (κ2) is 8.06. The molecule has 1 fully saturated rings. The van der Waals surface area contributed by atoms with Gasteiger partial charge in [0, 0.05) is 46.3 Å². The van der Waals surface area contributed by atoms with E-state index in [4.69, 9.17) is 5.11 Å². The third-order valence-electron chi connectivity index (χ3n) is 3.49. The maximum Gasteiger partial charge on any atom is 0.319 e. The smallest absolute Gasteiger partial charge is 0.319 e. The Morgan fingerprint density at radius 1 is 1.25 bits per heavy atom. The molecule has 2 N–H and O–H groups in total. The van der Waals surface area contributed by atoms with Gasteiger partial charge in [0.1, 0.15) is 0 Å². The van der Waals surface area contributed by atoms with Crippen LogP contribution >= 0.6 is 0 Å². The van der Waals surface area contributed by atoms with Gasteiger partial charge >= 0.3 is 12.0 Å². The number of urea groups is 1. The molecule has 1 aliphatic rings. The molecule has 1 saturated heterocycles. The molecule has 1 atom stereocenters. The van der Waals surface area contributed by atoms with Crippen LogP contribution < -0.4 is 0 Å². The van der Waals surface area contributed by atoms with Gasteiger partial charge in [-0.05, 0) is 13.3 Å². The summed E-state index contributed by atoms with van der Waals surface area (Å²) in [7, 11) is 1.74. The number of aliphatic carboxylic acids is 1. The zero-order valence-corrected chi connectivity index (χ0v) is 12.3. The number of piperazine rings is 1. The van der Waals surface area contributed by atoms with Gasteiger partial charge in [0.25, 0.3) is 0 Å². The highest BCUT2D eigenvalue weighted by atomic mass is 16.4. The SMILES string of the molecule is CC(O)CCN(C)C(=O)N1CCN(CCC(=O)O)CC1. The number of nitrogens with zero attached hydrogens (tertiary/aromatic N) is 3. The molecule has 0 spiro atoms. The van der Waals surface area contributed by atoms with Crippen LogP contribution in [-0.2, 0) is 4.79 Å². The summed E-state index contributed by atoms with van der Waals surface area (Å²) >= 11 is 0. The number of aliphatic hydroxyl groups excluding tert-OH is 1. The minimum absolute atomic E-state index is 0.0245. The van der Waals surface area contributed by atoms with Crippen molar-refractivity contribution in [3.63, 3.8) is 0 Å². The highest BCUT2D eigenvalue weighted by molar-refractivity contribution is 5.74. The maximum absolute atomic E-state index is 12.1. The van der Waals surface area contributed by atoms with Crippen LogP contribution in [0.1, 0.15) is 19.8 Å². The van der Waals surface area contributed by atoms with E-state index in [1.165, 1.54) is 0 Å². The lowest BCUT2D eigenvalue weighted by atomic mass is 10.2. The van der Waals surface area contributed by atoms with Crippen LogP contribution in [0.3, 0.4) is 0 Å². The lowest BCUT2D eigenvalue weighted by molar-refractivity contribution is -0.137. The van der Waals surface area contributed by atoms with Crippen LogP contribution in [0.2, 0.25) is 0 Å². The molecule has 1 aliphatic heterocycles. The number of carboxylic acid groups (broad SMARTS) is 1. The molecular formula is C13H25N3O4. The third kappa shape index (κ3) is 5.75. The molecular weight excluding hydrogens is 262 g/mol. The predicted octanol–water partition coefficient (Wildman–Crippen LogP) is -0.0986. The fraction of sp³-hybridized carbons (Fsp3) is 0.846. The van der Waals surface area contributed by atoms with Gasteiger partial charge < -0.3 is 20.0 Å². The summed E-state index contributed by atoms with van der Waals surface area (Å²) in [6.07, 6.45) is 0.307. The summed E-state index contributed by atoms with van der Waals surface area (Å²) in [5, 5.41) is 17.9. The minimum atomic E-state index is -0.790. The minimum Gasteiger partial charge on any atom is -0.481 e. The lowest BCUT2D eigenvalue weighted by Gasteiger charge is -2.36. The highest BCUT2D eigenvalue weighted by Crippen LogP contribution is 2.06. The van der Waals surface area contributed by atoms with Crippen molar-refractivity contribution in [1.29, 1.82) is 0 Å². The fourth-order valence-electron chi connectivity index (χ4n) is 2.13. The Morgan fingerprint density at radius 2 is 1.85 bits per heavy atom. The Kier molecular flexibility index (Phi) is 6.74. The van der Waals surface area contributed by atoms with Crippen molar-refractivity contribution < 1.29 is 19.8 Å². The Bertz CT molecular complexity index is 328. The third-order valence-corrected chi connectivity index (χ3v) is 3.49. The van der Waals surface area contributed by atoms with E-state index in [1.807, 2.05) is 0 Å². The van der Waals surface area contributed by atoms with Gasteiger partial charge in [-0.3, -0.25) is 9.69 Å². The van der Waals surface area contributed by atoms with Crippen molar-refractivity contribution >= 4 is 12.0 Å². The monoisotopic (exact) mass is 287 g/mol. The van der Waals surface area contributed by atoms with Gasteiger partial charge in [-0.1, -0.05) is 0 Å². The van der Waals surface area contributed by atoms with Crippen molar-refractivity contribution in [3.8, 4) is 0 Å². The average molecular weight is 287 g/mol. The maximum atomic E-state index is 12.1. The average Bonchev–Trinajstić information content (AvgIpc) is 2.42. The molecule has 1 unspecified atom stereocenters. The zero-order valence-electron chi connectivity index (χ0n) is 12.3. The molecule has 2 amide bonds. The summed E-state index contributed by atoms with van der Waals surface area (Å²) < 4.78 is 0. The Labute approximate surface area is 119 Å². The van der Waals surface area contributed by atoms with E-state index in [1.54, 1.807) is 23.8 Å². The van der Waals surface area contributed by atoms with Crippen LogP contribution in [-0.4, -0.2) is 89.3 Å². The van der Waals surface area contributed by atoms with Crippen LogP contribution in [0.25, 0.3) is 0 Å². The van der Waals surface area contributed by atoms with Crippen molar-refractivity contribution in [2.75, 3.05) is 46.3 Å². The van der Waals surface area contributed by atoms with Gasteiger partial charge in [-0.25, -0.2) is 4.79 Å². The Balaban J connectivity index is 2.29.